The Bertz CT molecular complexity index is 456. The van der Waals surface area contributed by atoms with Crippen molar-refractivity contribution < 1.29 is 4.79 Å². The van der Waals surface area contributed by atoms with Crippen LogP contribution in [0.15, 0.2) is 10.7 Å². The van der Waals surface area contributed by atoms with Crippen LogP contribution >= 0.6 is 15.9 Å². The molecule has 1 unspecified atom stereocenters. The van der Waals surface area contributed by atoms with Crippen molar-refractivity contribution in [3.8, 4) is 0 Å². The highest BCUT2D eigenvalue weighted by Crippen LogP contribution is 2.22. The second kappa shape index (κ2) is 7.91. The topological polar surface area (TPSA) is 76.2 Å². The summed E-state index contributed by atoms with van der Waals surface area (Å²) < 4.78 is 2.95. The van der Waals surface area contributed by atoms with Crippen LogP contribution in [-0.2, 0) is 18.4 Å². The summed E-state index contributed by atoms with van der Waals surface area (Å²) in [6.07, 6.45) is 5.79. The normalized spacial score (nSPS) is 19.7. The first-order valence-electron chi connectivity index (χ1n) is 7.49. The fraction of sp³-hybridized carbons (Fsp3) is 0.714. The lowest BCUT2D eigenvalue weighted by Gasteiger charge is -2.35. The van der Waals surface area contributed by atoms with Gasteiger partial charge in [-0.15, -0.1) is 0 Å². The molecule has 0 spiro atoms. The summed E-state index contributed by atoms with van der Waals surface area (Å²) in [6, 6.07) is 0.391. The molecule has 6 nitrogen and oxygen atoms in total. The predicted octanol–water partition coefficient (Wildman–Crippen LogP) is 1.00. The quantitative estimate of drug-likeness (QED) is 0.796. The Labute approximate surface area is 134 Å². The number of likely N-dealkylation sites (tertiary alicyclic amines) is 1. The average Bonchev–Trinajstić information content (AvgIpc) is 2.78. The minimum absolute atomic E-state index is 0.0461. The van der Waals surface area contributed by atoms with Gasteiger partial charge in [-0.2, -0.15) is 5.10 Å². The van der Waals surface area contributed by atoms with Crippen LogP contribution in [0.25, 0.3) is 0 Å². The molecule has 0 radical (unpaired) electrons. The Morgan fingerprint density at radius 2 is 2.38 bits per heavy atom. The molecule has 2 rings (SSSR count). The van der Waals surface area contributed by atoms with Crippen LogP contribution in [0.2, 0.25) is 0 Å². The number of aromatic nitrogens is 2. The maximum Gasteiger partial charge on any atom is 0.221 e. The molecule has 1 aromatic rings. The molecule has 1 saturated heterocycles. The van der Waals surface area contributed by atoms with E-state index in [9.17, 15) is 4.79 Å². The van der Waals surface area contributed by atoms with Gasteiger partial charge in [-0.25, -0.2) is 0 Å². The number of hydrogen-bond acceptors (Lipinski definition) is 4. The average molecular weight is 358 g/mol. The van der Waals surface area contributed by atoms with Crippen molar-refractivity contribution in [1.82, 2.24) is 20.0 Å². The third kappa shape index (κ3) is 4.52. The van der Waals surface area contributed by atoms with Gasteiger partial charge in [0.25, 0.3) is 0 Å². The first kappa shape index (κ1) is 16.5. The molecule has 7 heteroatoms. The smallest absolute Gasteiger partial charge is 0.221 e. The lowest BCUT2D eigenvalue weighted by molar-refractivity contribution is -0.121. The van der Waals surface area contributed by atoms with Crippen molar-refractivity contribution in [2.75, 3.05) is 19.6 Å². The van der Waals surface area contributed by atoms with Gasteiger partial charge >= 0.3 is 0 Å². The van der Waals surface area contributed by atoms with Crippen LogP contribution in [0.4, 0.5) is 0 Å². The predicted molar refractivity (Wildman–Crippen MR) is 85.6 cm³/mol. The van der Waals surface area contributed by atoms with E-state index in [0.29, 0.717) is 25.6 Å². The van der Waals surface area contributed by atoms with Gasteiger partial charge in [0, 0.05) is 39.1 Å². The van der Waals surface area contributed by atoms with Gasteiger partial charge in [-0.05, 0) is 35.3 Å². The zero-order chi connectivity index (χ0) is 15.2. The zero-order valence-electron chi connectivity index (χ0n) is 12.5. The summed E-state index contributed by atoms with van der Waals surface area (Å²) in [5, 5.41) is 7.26. The molecule has 0 saturated carbocycles. The number of carbonyl (C=O) groups is 1. The summed E-state index contributed by atoms with van der Waals surface area (Å²) in [6.45, 7) is 3.03. The molecular formula is C14H24BrN5O. The third-order valence-corrected chi connectivity index (χ3v) is 4.68. The number of piperidine rings is 1. The van der Waals surface area contributed by atoms with E-state index in [-0.39, 0.29) is 5.91 Å². The van der Waals surface area contributed by atoms with E-state index in [4.69, 9.17) is 5.73 Å². The number of hydrogen-bond donors (Lipinski definition) is 2. The summed E-state index contributed by atoms with van der Waals surface area (Å²) in [5.41, 5.74) is 6.58. The largest absolute Gasteiger partial charge is 0.354 e. The zero-order valence-corrected chi connectivity index (χ0v) is 14.1. The van der Waals surface area contributed by atoms with E-state index in [1.165, 1.54) is 18.5 Å². The molecule has 1 fully saturated rings. The maximum atomic E-state index is 11.6. The van der Waals surface area contributed by atoms with Crippen molar-refractivity contribution in [3.63, 3.8) is 0 Å². The molecule has 1 amide bonds. The van der Waals surface area contributed by atoms with Crippen LogP contribution in [0, 0.1) is 0 Å². The van der Waals surface area contributed by atoms with Crippen molar-refractivity contribution in [1.29, 1.82) is 0 Å². The second-order valence-electron chi connectivity index (χ2n) is 5.53. The minimum atomic E-state index is 0.0461. The van der Waals surface area contributed by atoms with Gasteiger partial charge in [0.2, 0.25) is 5.91 Å². The Morgan fingerprint density at radius 3 is 3.05 bits per heavy atom. The Morgan fingerprint density at radius 1 is 1.57 bits per heavy atom. The Kier molecular flexibility index (Phi) is 6.20. The molecule has 1 atom stereocenters. The van der Waals surface area contributed by atoms with E-state index in [1.54, 1.807) is 0 Å². The summed E-state index contributed by atoms with van der Waals surface area (Å²) in [5.74, 6) is 0.0461. The highest BCUT2D eigenvalue weighted by atomic mass is 79.9. The highest BCUT2D eigenvalue weighted by molar-refractivity contribution is 9.10. The van der Waals surface area contributed by atoms with E-state index >= 15 is 0 Å². The molecule has 118 valence electrons. The van der Waals surface area contributed by atoms with E-state index in [1.807, 2.05) is 17.9 Å². The number of nitrogens with two attached hydrogens (primary N) is 1. The molecule has 1 aromatic heterocycles. The molecule has 2 heterocycles. The van der Waals surface area contributed by atoms with Crippen LogP contribution < -0.4 is 11.1 Å². The minimum Gasteiger partial charge on any atom is -0.354 e. The number of nitrogens with one attached hydrogen (secondary N) is 1. The molecule has 21 heavy (non-hydrogen) atoms. The van der Waals surface area contributed by atoms with Crippen LogP contribution in [0.3, 0.4) is 0 Å². The first-order valence-corrected chi connectivity index (χ1v) is 8.28. The van der Waals surface area contributed by atoms with Crippen LogP contribution in [0.5, 0.6) is 0 Å². The Hall–Kier alpha value is -0.920. The molecule has 3 N–H and O–H groups in total. The number of rotatable bonds is 6. The fourth-order valence-corrected chi connectivity index (χ4v) is 3.23. The van der Waals surface area contributed by atoms with Gasteiger partial charge in [-0.3, -0.25) is 14.4 Å². The fourth-order valence-electron chi connectivity index (χ4n) is 2.76. The van der Waals surface area contributed by atoms with E-state index in [2.05, 4.69) is 31.2 Å². The molecule has 0 bridgehead atoms. The molecular weight excluding hydrogens is 334 g/mol. The van der Waals surface area contributed by atoms with Gasteiger partial charge in [0.15, 0.2) is 0 Å². The molecule has 1 aliphatic rings. The lowest BCUT2D eigenvalue weighted by Crippen LogP contribution is -2.46. The number of nitrogens with zero attached hydrogens (tertiary/aromatic N) is 3. The van der Waals surface area contributed by atoms with Crippen molar-refractivity contribution >= 4 is 21.8 Å². The van der Waals surface area contributed by atoms with Gasteiger partial charge < -0.3 is 11.1 Å². The molecule has 0 aromatic carbocycles. The molecule has 1 aliphatic heterocycles. The first-order chi connectivity index (χ1) is 10.1. The van der Waals surface area contributed by atoms with Gasteiger partial charge in [-0.1, -0.05) is 6.42 Å². The number of aryl methyl sites for hydroxylation is 1. The van der Waals surface area contributed by atoms with Crippen LogP contribution in [-0.4, -0.2) is 46.3 Å². The van der Waals surface area contributed by atoms with Crippen molar-refractivity contribution in [3.05, 3.63) is 16.4 Å². The number of halogens is 1. The maximum absolute atomic E-state index is 11.6. The molecule has 0 aliphatic carbocycles. The second-order valence-corrected chi connectivity index (χ2v) is 6.38. The van der Waals surface area contributed by atoms with Crippen molar-refractivity contribution in [2.24, 2.45) is 12.8 Å². The monoisotopic (exact) mass is 357 g/mol. The lowest BCUT2D eigenvalue weighted by atomic mass is 10.0. The SMILES string of the molecule is Cn1ncc(Br)c1CN1CCCCC1CNC(=O)CCN. The highest BCUT2D eigenvalue weighted by Gasteiger charge is 2.24. The third-order valence-electron chi connectivity index (χ3n) is 4.02. The number of amides is 1. The summed E-state index contributed by atoms with van der Waals surface area (Å²) >= 11 is 3.55. The van der Waals surface area contributed by atoms with Crippen molar-refractivity contribution in [2.45, 2.75) is 38.3 Å². The van der Waals surface area contributed by atoms with E-state index in [0.717, 1.165) is 24.0 Å². The summed E-state index contributed by atoms with van der Waals surface area (Å²) in [4.78, 5) is 14.0. The van der Waals surface area contributed by atoms with E-state index < -0.39 is 0 Å². The van der Waals surface area contributed by atoms with Gasteiger partial charge in [0.1, 0.15) is 0 Å². The van der Waals surface area contributed by atoms with Gasteiger partial charge in [0.05, 0.1) is 16.4 Å². The standard InChI is InChI=1S/C14H24BrN5O/c1-19-13(12(15)9-18-19)10-20-7-3-2-4-11(20)8-17-14(21)5-6-16/h9,11H,2-8,10,16H2,1H3,(H,17,21). The van der Waals surface area contributed by atoms with Crippen LogP contribution in [0.1, 0.15) is 31.4 Å². The summed E-state index contributed by atoms with van der Waals surface area (Å²) in [7, 11) is 1.96. The number of carbonyl (C=O) groups excluding carboxylic acids is 1. The Balaban J connectivity index is 1.94.